The van der Waals surface area contributed by atoms with Crippen LogP contribution >= 0.6 is 15.9 Å². The van der Waals surface area contributed by atoms with Gasteiger partial charge in [-0.15, -0.1) is 0 Å². The van der Waals surface area contributed by atoms with Gasteiger partial charge in [0.05, 0.1) is 0 Å². The minimum Gasteiger partial charge on any atom is -0.478 e. The maximum atomic E-state index is 11.3. The van der Waals surface area contributed by atoms with Crippen molar-refractivity contribution < 1.29 is 19.5 Å². The summed E-state index contributed by atoms with van der Waals surface area (Å²) < 4.78 is 0.882. The third-order valence-corrected chi connectivity index (χ3v) is 2.45. The lowest BCUT2D eigenvalue weighted by Crippen LogP contribution is -2.38. The highest BCUT2D eigenvalue weighted by molar-refractivity contribution is 9.10. The second-order valence-corrected chi connectivity index (χ2v) is 4.39. The van der Waals surface area contributed by atoms with E-state index in [0.29, 0.717) is 6.08 Å². The smallest absolute Gasteiger partial charge is 0.328 e. The molecular weight excluding hydrogens is 316 g/mol. The van der Waals surface area contributed by atoms with Crippen LogP contribution in [0.5, 0.6) is 0 Å². The number of aliphatic carboxylic acids is 1. The van der Waals surface area contributed by atoms with Crippen LogP contribution in [0.25, 0.3) is 0 Å². The van der Waals surface area contributed by atoms with Gasteiger partial charge >= 0.3 is 12.0 Å². The van der Waals surface area contributed by atoms with Crippen LogP contribution in [-0.4, -0.2) is 23.0 Å². The highest BCUT2D eigenvalue weighted by Crippen LogP contribution is 2.11. The van der Waals surface area contributed by atoms with Gasteiger partial charge in [-0.1, -0.05) is 28.1 Å². The van der Waals surface area contributed by atoms with E-state index in [1.54, 1.807) is 0 Å². The third kappa shape index (κ3) is 6.37. The van der Waals surface area contributed by atoms with Gasteiger partial charge in [-0.3, -0.25) is 10.1 Å². The molecule has 1 rings (SSSR count). The van der Waals surface area contributed by atoms with Gasteiger partial charge in [-0.2, -0.15) is 0 Å². The minimum atomic E-state index is -1.26. The first kappa shape index (κ1) is 14.9. The number of carboxylic acid groups (broad SMARTS) is 1. The Labute approximate surface area is 117 Å². The standard InChI is InChI=1S/C12H11BrN2O4/c13-9-3-1-2-8(6-9)7-14-12(19)15-10(16)4-5-11(17)18/h1-6H,7H2,(H,17,18)(H2,14,15,16,19). The Morgan fingerprint density at radius 3 is 2.63 bits per heavy atom. The molecule has 0 atom stereocenters. The topological polar surface area (TPSA) is 95.5 Å². The predicted octanol–water partition coefficient (Wildman–Crippen LogP) is 1.42. The SMILES string of the molecule is O=C(O)C=CC(=O)NC(=O)NCc1cccc(Br)c1. The summed E-state index contributed by atoms with van der Waals surface area (Å²) in [5.41, 5.74) is 0.859. The average molecular weight is 327 g/mol. The molecule has 0 aliphatic rings. The van der Waals surface area contributed by atoms with Crippen LogP contribution in [0, 0.1) is 0 Å². The fourth-order valence-corrected chi connectivity index (χ4v) is 1.62. The molecular formula is C12H11BrN2O4. The molecule has 0 aromatic heterocycles. The van der Waals surface area contributed by atoms with E-state index in [4.69, 9.17) is 5.11 Å². The fraction of sp³-hybridized carbons (Fsp3) is 0.0833. The lowest BCUT2D eigenvalue weighted by Gasteiger charge is -2.05. The highest BCUT2D eigenvalue weighted by Gasteiger charge is 2.04. The number of halogens is 1. The third-order valence-electron chi connectivity index (χ3n) is 1.96. The number of carbonyl (C=O) groups excluding carboxylic acids is 2. The molecule has 0 spiro atoms. The number of amides is 3. The Kier molecular flexibility index (Phi) is 5.74. The fourth-order valence-electron chi connectivity index (χ4n) is 1.17. The molecule has 1 aromatic carbocycles. The Balaban J connectivity index is 2.40. The van der Waals surface area contributed by atoms with Crippen molar-refractivity contribution in [2.45, 2.75) is 6.54 Å². The molecule has 0 aliphatic carbocycles. The molecule has 0 aliphatic heterocycles. The molecule has 0 saturated carbocycles. The van der Waals surface area contributed by atoms with Gasteiger partial charge in [0.25, 0.3) is 5.91 Å². The molecule has 3 amide bonds. The number of hydrogen-bond acceptors (Lipinski definition) is 3. The lowest BCUT2D eigenvalue weighted by atomic mass is 10.2. The van der Waals surface area contributed by atoms with Crippen molar-refractivity contribution in [2.75, 3.05) is 0 Å². The zero-order chi connectivity index (χ0) is 14.3. The van der Waals surface area contributed by atoms with Gasteiger partial charge in [0, 0.05) is 23.2 Å². The van der Waals surface area contributed by atoms with E-state index in [2.05, 4.69) is 21.2 Å². The average Bonchev–Trinajstić information content (AvgIpc) is 2.34. The van der Waals surface area contributed by atoms with Crippen molar-refractivity contribution in [2.24, 2.45) is 0 Å². The van der Waals surface area contributed by atoms with Crippen molar-refractivity contribution in [3.05, 3.63) is 46.5 Å². The van der Waals surface area contributed by atoms with Crippen LogP contribution in [0.4, 0.5) is 4.79 Å². The van der Waals surface area contributed by atoms with Crippen molar-refractivity contribution in [1.29, 1.82) is 0 Å². The van der Waals surface area contributed by atoms with E-state index in [-0.39, 0.29) is 6.54 Å². The molecule has 6 nitrogen and oxygen atoms in total. The summed E-state index contributed by atoms with van der Waals surface area (Å²) in [6.07, 6.45) is 1.41. The number of benzene rings is 1. The summed E-state index contributed by atoms with van der Waals surface area (Å²) in [7, 11) is 0. The molecule has 0 radical (unpaired) electrons. The van der Waals surface area contributed by atoms with Gasteiger partial charge in [0.1, 0.15) is 0 Å². The van der Waals surface area contributed by atoms with Crippen LogP contribution in [0.3, 0.4) is 0 Å². The van der Waals surface area contributed by atoms with Gasteiger partial charge < -0.3 is 10.4 Å². The van der Waals surface area contributed by atoms with Crippen LogP contribution in [0.1, 0.15) is 5.56 Å². The Hall–Kier alpha value is -2.15. The second-order valence-electron chi connectivity index (χ2n) is 3.47. The number of nitrogens with one attached hydrogen (secondary N) is 2. The first-order valence-electron chi connectivity index (χ1n) is 5.21. The van der Waals surface area contributed by atoms with Crippen molar-refractivity contribution in [3.63, 3.8) is 0 Å². The van der Waals surface area contributed by atoms with Crippen molar-refractivity contribution in [1.82, 2.24) is 10.6 Å². The van der Waals surface area contributed by atoms with E-state index < -0.39 is 17.9 Å². The quantitative estimate of drug-likeness (QED) is 0.729. The van der Waals surface area contributed by atoms with Gasteiger partial charge in [0.15, 0.2) is 0 Å². The first-order chi connectivity index (χ1) is 8.97. The molecule has 0 fully saturated rings. The van der Waals surface area contributed by atoms with Crippen LogP contribution < -0.4 is 10.6 Å². The molecule has 0 heterocycles. The number of rotatable bonds is 4. The number of carbonyl (C=O) groups is 3. The predicted molar refractivity (Wildman–Crippen MR) is 71.3 cm³/mol. The van der Waals surface area contributed by atoms with Crippen LogP contribution in [0.15, 0.2) is 40.9 Å². The summed E-state index contributed by atoms with van der Waals surface area (Å²) in [6, 6.07) is 6.62. The molecule has 7 heteroatoms. The zero-order valence-electron chi connectivity index (χ0n) is 9.72. The largest absolute Gasteiger partial charge is 0.478 e. The maximum Gasteiger partial charge on any atom is 0.328 e. The first-order valence-corrected chi connectivity index (χ1v) is 6.01. The van der Waals surface area contributed by atoms with E-state index >= 15 is 0 Å². The number of urea groups is 1. The van der Waals surface area contributed by atoms with Crippen LogP contribution in [0.2, 0.25) is 0 Å². The normalized spacial score (nSPS) is 10.2. The van der Waals surface area contributed by atoms with Gasteiger partial charge in [0.2, 0.25) is 0 Å². The van der Waals surface area contributed by atoms with E-state index in [0.717, 1.165) is 16.1 Å². The molecule has 19 heavy (non-hydrogen) atoms. The van der Waals surface area contributed by atoms with Crippen molar-refractivity contribution in [3.8, 4) is 0 Å². The van der Waals surface area contributed by atoms with E-state index in [9.17, 15) is 14.4 Å². The maximum absolute atomic E-state index is 11.3. The van der Waals surface area contributed by atoms with Gasteiger partial charge in [-0.05, 0) is 17.7 Å². The summed E-state index contributed by atoms with van der Waals surface area (Å²) in [5.74, 6) is -2.06. The number of carboxylic acids is 1. The molecule has 0 saturated heterocycles. The Bertz CT molecular complexity index is 528. The summed E-state index contributed by atoms with van der Waals surface area (Å²) in [4.78, 5) is 32.6. The summed E-state index contributed by atoms with van der Waals surface area (Å²) >= 11 is 3.30. The zero-order valence-corrected chi connectivity index (χ0v) is 11.3. The molecule has 0 unspecified atom stereocenters. The lowest BCUT2D eigenvalue weighted by molar-refractivity contribution is -0.131. The number of hydrogen-bond donors (Lipinski definition) is 3. The summed E-state index contributed by atoms with van der Waals surface area (Å²) in [5, 5.41) is 12.7. The monoisotopic (exact) mass is 326 g/mol. The van der Waals surface area contributed by atoms with E-state index in [1.807, 2.05) is 29.6 Å². The van der Waals surface area contributed by atoms with Gasteiger partial charge in [-0.25, -0.2) is 9.59 Å². The summed E-state index contributed by atoms with van der Waals surface area (Å²) in [6.45, 7) is 0.251. The van der Waals surface area contributed by atoms with Crippen LogP contribution in [-0.2, 0) is 16.1 Å². The van der Waals surface area contributed by atoms with Crippen molar-refractivity contribution >= 4 is 33.8 Å². The molecule has 100 valence electrons. The second kappa shape index (κ2) is 7.32. The van der Waals surface area contributed by atoms with E-state index in [1.165, 1.54) is 0 Å². The Morgan fingerprint density at radius 1 is 1.26 bits per heavy atom. The highest BCUT2D eigenvalue weighted by atomic mass is 79.9. The molecule has 1 aromatic rings. The number of imide groups is 1. The Morgan fingerprint density at radius 2 is 2.00 bits per heavy atom. The molecule has 3 N–H and O–H groups in total. The molecule has 0 bridgehead atoms. The minimum absolute atomic E-state index is 0.251.